The predicted molar refractivity (Wildman–Crippen MR) is 116 cm³/mol. The van der Waals surface area contributed by atoms with Gasteiger partial charge in [0.2, 0.25) is 11.8 Å². The summed E-state index contributed by atoms with van der Waals surface area (Å²) in [7, 11) is 0. The van der Waals surface area contributed by atoms with Crippen molar-refractivity contribution in [1.29, 1.82) is 0 Å². The number of hydrogen-bond acceptors (Lipinski definition) is 3. The molecule has 1 heterocycles. The van der Waals surface area contributed by atoms with Crippen molar-refractivity contribution in [3.8, 4) is 0 Å². The van der Waals surface area contributed by atoms with E-state index in [0.29, 0.717) is 23.0 Å². The summed E-state index contributed by atoms with van der Waals surface area (Å²) < 4.78 is 27.2. The largest absolute Gasteiger partial charge is 0.326 e. The van der Waals surface area contributed by atoms with E-state index in [2.05, 4.69) is 10.6 Å². The molecule has 1 aliphatic heterocycles. The Morgan fingerprint density at radius 3 is 2.31 bits per heavy atom. The Labute approximate surface area is 182 Å². The summed E-state index contributed by atoms with van der Waals surface area (Å²) in [6.45, 7) is -0.0162. The zero-order valence-corrected chi connectivity index (χ0v) is 16.8. The summed E-state index contributed by atoms with van der Waals surface area (Å²) in [6, 6.07) is 18.3. The first-order valence-corrected chi connectivity index (χ1v) is 9.93. The predicted octanol–water partition coefficient (Wildman–Crippen LogP) is 4.21. The number of rotatable bonds is 5. The highest BCUT2D eigenvalue weighted by atomic mass is 19.1. The minimum absolute atomic E-state index is 0.0162. The molecule has 6 nitrogen and oxygen atoms in total. The third-order valence-electron chi connectivity index (χ3n) is 5.12. The van der Waals surface area contributed by atoms with E-state index in [9.17, 15) is 23.2 Å². The van der Waals surface area contributed by atoms with Crippen LogP contribution in [-0.4, -0.2) is 24.3 Å². The van der Waals surface area contributed by atoms with Crippen LogP contribution in [0.5, 0.6) is 0 Å². The second-order valence-electron chi connectivity index (χ2n) is 7.39. The minimum atomic E-state index is -0.860. The zero-order valence-electron chi connectivity index (χ0n) is 16.8. The third kappa shape index (κ3) is 4.64. The van der Waals surface area contributed by atoms with Gasteiger partial charge in [0.05, 0.1) is 11.6 Å². The quantitative estimate of drug-likeness (QED) is 0.630. The lowest BCUT2D eigenvalue weighted by Gasteiger charge is -2.17. The molecule has 0 aromatic heterocycles. The van der Waals surface area contributed by atoms with Crippen molar-refractivity contribution in [3.63, 3.8) is 0 Å². The van der Waals surface area contributed by atoms with Gasteiger partial charge in [-0.2, -0.15) is 0 Å². The summed E-state index contributed by atoms with van der Waals surface area (Å²) in [4.78, 5) is 38.5. The van der Waals surface area contributed by atoms with Gasteiger partial charge in [-0.25, -0.2) is 8.78 Å². The highest BCUT2D eigenvalue weighted by Gasteiger charge is 2.36. The second kappa shape index (κ2) is 8.97. The van der Waals surface area contributed by atoms with Crippen LogP contribution in [0.1, 0.15) is 16.8 Å². The van der Waals surface area contributed by atoms with Gasteiger partial charge in [0, 0.05) is 36.0 Å². The number of halogens is 2. The molecule has 0 aliphatic carbocycles. The highest BCUT2D eigenvalue weighted by Crippen LogP contribution is 2.29. The molecular weight excluding hydrogens is 416 g/mol. The summed E-state index contributed by atoms with van der Waals surface area (Å²) >= 11 is 0. The maximum Gasteiger partial charge on any atom is 0.255 e. The highest BCUT2D eigenvalue weighted by molar-refractivity contribution is 6.05. The number of amides is 3. The van der Waals surface area contributed by atoms with E-state index >= 15 is 0 Å². The molecule has 0 spiro atoms. The molecule has 2 N–H and O–H groups in total. The van der Waals surface area contributed by atoms with Gasteiger partial charge in [0.1, 0.15) is 11.6 Å². The van der Waals surface area contributed by atoms with Gasteiger partial charge in [0.15, 0.2) is 0 Å². The van der Waals surface area contributed by atoms with Crippen molar-refractivity contribution in [2.45, 2.75) is 6.42 Å². The first-order chi connectivity index (χ1) is 15.4. The maximum absolute atomic E-state index is 14.1. The average Bonchev–Trinajstić information content (AvgIpc) is 3.16. The Bertz CT molecular complexity index is 1180. The lowest BCUT2D eigenvalue weighted by Crippen LogP contribution is -2.28. The zero-order chi connectivity index (χ0) is 22.7. The lowest BCUT2D eigenvalue weighted by molar-refractivity contribution is -0.122. The number of nitrogens with one attached hydrogen (secondary N) is 2. The average molecular weight is 435 g/mol. The van der Waals surface area contributed by atoms with Gasteiger partial charge >= 0.3 is 0 Å². The normalized spacial score (nSPS) is 15.5. The van der Waals surface area contributed by atoms with E-state index in [-0.39, 0.29) is 24.6 Å². The van der Waals surface area contributed by atoms with E-state index in [1.165, 1.54) is 6.07 Å². The van der Waals surface area contributed by atoms with Crippen LogP contribution in [0.15, 0.2) is 72.8 Å². The fourth-order valence-electron chi connectivity index (χ4n) is 3.53. The van der Waals surface area contributed by atoms with Gasteiger partial charge < -0.3 is 15.5 Å². The molecule has 3 aromatic carbocycles. The summed E-state index contributed by atoms with van der Waals surface area (Å²) in [6.07, 6.45) is -0.0902. The van der Waals surface area contributed by atoms with E-state index in [4.69, 9.17) is 0 Å². The Morgan fingerprint density at radius 1 is 0.875 bits per heavy atom. The number of anilines is 3. The topological polar surface area (TPSA) is 78.5 Å². The molecule has 3 amide bonds. The number of carbonyl (C=O) groups is 3. The number of benzene rings is 3. The molecule has 0 bridgehead atoms. The summed E-state index contributed by atoms with van der Waals surface area (Å²) in [5.74, 6) is -3.41. The van der Waals surface area contributed by atoms with Crippen molar-refractivity contribution >= 4 is 34.8 Å². The van der Waals surface area contributed by atoms with Gasteiger partial charge in [-0.05, 0) is 42.5 Å². The molecular formula is C24H19F2N3O3. The summed E-state index contributed by atoms with van der Waals surface area (Å²) in [5.41, 5.74) is 1.38. The number of carbonyl (C=O) groups excluding carboxylic acids is 3. The van der Waals surface area contributed by atoms with Crippen LogP contribution in [0, 0.1) is 17.6 Å². The Hall–Kier alpha value is -4.07. The third-order valence-corrected chi connectivity index (χ3v) is 5.12. The molecule has 162 valence electrons. The van der Waals surface area contributed by atoms with Crippen molar-refractivity contribution in [2.24, 2.45) is 5.92 Å². The molecule has 1 saturated heterocycles. The van der Waals surface area contributed by atoms with Gasteiger partial charge in [-0.3, -0.25) is 14.4 Å². The molecule has 0 radical (unpaired) electrons. The van der Waals surface area contributed by atoms with E-state index < -0.39 is 29.4 Å². The van der Waals surface area contributed by atoms with Crippen LogP contribution < -0.4 is 15.5 Å². The molecule has 4 rings (SSSR count). The fraction of sp³-hybridized carbons (Fsp3) is 0.125. The first-order valence-electron chi connectivity index (χ1n) is 9.93. The first kappa shape index (κ1) is 21.2. The molecule has 1 atom stereocenters. The van der Waals surface area contributed by atoms with Gasteiger partial charge in [-0.1, -0.05) is 24.3 Å². The van der Waals surface area contributed by atoms with Crippen molar-refractivity contribution < 1.29 is 23.2 Å². The minimum Gasteiger partial charge on any atom is -0.326 e. The van der Waals surface area contributed by atoms with Crippen molar-refractivity contribution in [3.05, 3.63) is 90.0 Å². The van der Waals surface area contributed by atoms with Crippen LogP contribution in [0.2, 0.25) is 0 Å². The molecule has 1 aliphatic rings. The van der Waals surface area contributed by atoms with Gasteiger partial charge in [0.25, 0.3) is 5.91 Å². The Kier molecular flexibility index (Phi) is 5.93. The Balaban J connectivity index is 1.41. The van der Waals surface area contributed by atoms with Crippen LogP contribution in [0.25, 0.3) is 0 Å². The van der Waals surface area contributed by atoms with Gasteiger partial charge in [-0.15, -0.1) is 0 Å². The smallest absolute Gasteiger partial charge is 0.255 e. The number of hydrogen-bond donors (Lipinski definition) is 2. The van der Waals surface area contributed by atoms with Crippen LogP contribution in [-0.2, 0) is 9.59 Å². The molecule has 0 saturated carbocycles. The molecule has 8 heteroatoms. The van der Waals surface area contributed by atoms with E-state index in [0.717, 1.165) is 11.0 Å². The lowest BCUT2D eigenvalue weighted by atomic mass is 10.1. The van der Waals surface area contributed by atoms with Crippen LogP contribution in [0.4, 0.5) is 25.8 Å². The maximum atomic E-state index is 14.1. The second-order valence-corrected chi connectivity index (χ2v) is 7.39. The van der Waals surface area contributed by atoms with E-state index in [1.54, 1.807) is 48.5 Å². The SMILES string of the molecule is O=C(Nc1cccc(NC(=O)C2CC(=O)N(c3ccc(F)cc3F)C2)c1)c1ccccc1. The van der Waals surface area contributed by atoms with Crippen LogP contribution in [0.3, 0.4) is 0 Å². The van der Waals surface area contributed by atoms with Crippen LogP contribution >= 0.6 is 0 Å². The monoisotopic (exact) mass is 435 g/mol. The van der Waals surface area contributed by atoms with Crippen molar-refractivity contribution in [2.75, 3.05) is 22.1 Å². The Morgan fingerprint density at radius 2 is 1.59 bits per heavy atom. The fourth-order valence-corrected chi connectivity index (χ4v) is 3.53. The van der Waals surface area contributed by atoms with E-state index in [1.807, 2.05) is 6.07 Å². The van der Waals surface area contributed by atoms with Crippen molar-refractivity contribution in [1.82, 2.24) is 0 Å². The molecule has 1 unspecified atom stereocenters. The number of nitrogens with zero attached hydrogens (tertiary/aromatic N) is 1. The summed E-state index contributed by atoms with van der Waals surface area (Å²) in [5, 5.41) is 5.49. The molecule has 3 aromatic rings. The standard InChI is InChI=1S/C24H19F2N3O3/c25-17-9-10-21(20(26)12-17)29-14-16(11-22(29)30)24(32)28-19-8-4-7-18(13-19)27-23(31)15-5-2-1-3-6-15/h1-10,12-13,16H,11,14H2,(H,27,31)(H,28,32). The molecule has 32 heavy (non-hydrogen) atoms. The molecule has 1 fully saturated rings.